The zero-order chi connectivity index (χ0) is 22.5. The number of nitro groups is 1. The van der Waals surface area contributed by atoms with Crippen molar-refractivity contribution in [1.82, 2.24) is 19.7 Å². The molecule has 32 heavy (non-hydrogen) atoms. The first-order chi connectivity index (χ1) is 15.5. The minimum atomic E-state index is -0.510. The number of nitrogens with one attached hydrogen (secondary N) is 1. The summed E-state index contributed by atoms with van der Waals surface area (Å²) >= 11 is 0. The molecule has 1 N–H and O–H groups in total. The summed E-state index contributed by atoms with van der Waals surface area (Å²) in [6.07, 6.45) is 5.50. The molecular weight excluding hydrogens is 410 g/mol. The number of hydrogen-bond donors (Lipinski definition) is 1. The number of carbonyl (C=O) groups is 1. The Morgan fingerprint density at radius 2 is 1.88 bits per heavy atom. The molecule has 162 valence electrons. The molecule has 0 bridgehead atoms. The van der Waals surface area contributed by atoms with E-state index in [9.17, 15) is 14.9 Å². The van der Waals surface area contributed by atoms with E-state index in [0.717, 1.165) is 11.3 Å². The standard InChI is InChI=1S/C23H21N5O4/c1-17(18-7-6-8-19(15-18)26-12-4-5-13-26)24-23(29)20-11-14-27(25-20)16-32-22-10-3-2-9-21(22)28(30)31/h2-15,17H,16H2,1H3,(H,24,29). The highest BCUT2D eigenvalue weighted by Crippen LogP contribution is 2.26. The van der Waals surface area contributed by atoms with Crippen LogP contribution in [0.4, 0.5) is 5.69 Å². The third kappa shape index (κ3) is 4.67. The van der Waals surface area contributed by atoms with E-state index in [4.69, 9.17) is 4.74 Å². The fourth-order valence-electron chi connectivity index (χ4n) is 3.24. The number of benzene rings is 2. The van der Waals surface area contributed by atoms with Gasteiger partial charge in [-0.05, 0) is 48.9 Å². The van der Waals surface area contributed by atoms with Crippen LogP contribution in [-0.2, 0) is 6.73 Å². The minimum absolute atomic E-state index is 0.0629. The number of ether oxygens (including phenoxy) is 1. The van der Waals surface area contributed by atoms with Crippen molar-refractivity contribution < 1.29 is 14.5 Å². The lowest BCUT2D eigenvalue weighted by Crippen LogP contribution is -2.27. The summed E-state index contributed by atoms with van der Waals surface area (Å²) in [7, 11) is 0. The molecule has 0 saturated heterocycles. The van der Waals surface area contributed by atoms with Crippen LogP contribution in [-0.4, -0.2) is 25.2 Å². The number of rotatable bonds is 8. The lowest BCUT2D eigenvalue weighted by molar-refractivity contribution is -0.386. The molecule has 0 saturated carbocycles. The Balaban J connectivity index is 1.39. The largest absolute Gasteiger partial charge is 0.464 e. The van der Waals surface area contributed by atoms with Crippen LogP contribution in [0.3, 0.4) is 0 Å². The Morgan fingerprint density at radius 1 is 1.09 bits per heavy atom. The van der Waals surface area contributed by atoms with Gasteiger partial charge in [-0.1, -0.05) is 24.3 Å². The maximum absolute atomic E-state index is 12.7. The van der Waals surface area contributed by atoms with Crippen molar-refractivity contribution >= 4 is 11.6 Å². The predicted molar refractivity (Wildman–Crippen MR) is 118 cm³/mol. The van der Waals surface area contributed by atoms with E-state index in [1.807, 2.05) is 60.3 Å². The van der Waals surface area contributed by atoms with E-state index in [0.29, 0.717) is 0 Å². The van der Waals surface area contributed by atoms with Crippen molar-refractivity contribution in [2.75, 3.05) is 0 Å². The highest BCUT2D eigenvalue weighted by molar-refractivity contribution is 5.92. The van der Waals surface area contributed by atoms with Gasteiger partial charge in [0.25, 0.3) is 5.91 Å². The summed E-state index contributed by atoms with van der Waals surface area (Å²) in [6, 6.07) is 19.3. The molecule has 2 aromatic heterocycles. The van der Waals surface area contributed by atoms with Gasteiger partial charge in [0.1, 0.15) is 5.69 Å². The number of carbonyl (C=O) groups excluding carboxylic acids is 1. The molecule has 1 atom stereocenters. The quantitative estimate of drug-likeness (QED) is 0.334. The summed E-state index contributed by atoms with van der Waals surface area (Å²) in [5, 5.41) is 18.2. The first kappa shape index (κ1) is 20.9. The number of para-hydroxylation sites is 2. The minimum Gasteiger partial charge on any atom is -0.464 e. The molecule has 9 heteroatoms. The van der Waals surface area contributed by atoms with Gasteiger partial charge in [-0.15, -0.1) is 0 Å². The van der Waals surface area contributed by atoms with Gasteiger partial charge in [0.2, 0.25) is 0 Å². The molecule has 0 aliphatic rings. The SMILES string of the molecule is CC(NC(=O)c1ccn(COc2ccccc2[N+](=O)[O-])n1)c1cccc(-n2cccc2)c1. The topological polar surface area (TPSA) is 104 Å². The van der Waals surface area contributed by atoms with Gasteiger partial charge in [0, 0.05) is 30.3 Å². The Morgan fingerprint density at radius 3 is 2.66 bits per heavy atom. The maximum Gasteiger partial charge on any atom is 0.311 e. The third-order valence-corrected chi connectivity index (χ3v) is 4.91. The first-order valence-corrected chi connectivity index (χ1v) is 9.95. The molecule has 0 radical (unpaired) electrons. The summed E-state index contributed by atoms with van der Waals surface area (Å²) in [6.45, 7) is 1.84. The van der Waals surface area contributed by atoms with E-state index in [-0.39, 0.29) is 35.8 Å². The second-order valence-electron chi connectivity index (χ2n) is 7.12. The van der Waals surface area contributed by atoms with Gasteiger partial charge in [0.15, 0.2) is 12.5 Å². The number of aromatic nitrogens is 3. The average molecular weight is 431 g/mol. The lowest BCUT2D eigenvalue weighted by atomic mass is 10.1. The molecule has 0 aliphatic heterocycles. The summed E-state index contributed by atoms with van der Waals surface area (Å²) < 4.78 is 8.90. The molecule has 1 unspecified atom stereocenters. The molecule has 1 amide bonds. The monoisotopic (exact) mass is 431 g/mol. The van der Waals surface area contributed by atoms with Crippen molar-refractivity contribution in [3.63, 3.8) is 0 Å². The molecule has 0 spiro atoms. The summed E-state index contributed by atoms with van der Waals surface area (Å²) in [5.74, 6) is -0.191. The van der Waals surface area contributed by atoms with E-state index in [2.05, 4.69) is 10.4 Å². The van der Waals surface area contributed by atoms with Crippen molar-refractivity contribution in [3.05, 3.63) is 107 Å². The number of nitro benzene ring substituents is 1. The van der Waals surface area contributed by atoms with Crippen LogP contribution in [0.5, 0.6) is 5.75 Å². The van der Waals surface area contributed by atoms with Crippen LogP contribution in [0.25, 0.3) is 5.69 Å². The van der Waals surface area contributed by atoms with Crippen LogP contribution < -0.4 is 10.1 Å². The van der Waals surface area contributed by atoms with Crippen molar-refractivity contribution in [3.8, 4) is 11.4 Å². The van der Waals surface area contributed by atoms with E-state index in [1.165, 1.54) is 16.8 Å². The molecule has 0 aliphatic carbocycles. The Kier molecular flexibility index (Phi) is 5.98. The van der Waals surface area contributed by atoms with Crippen molar-refractivity contribution in [2.45, 2.75) is 19.7 Å². The fraction of sp³-hybridized carbons (Fsp3) is 0.130. The summed E-state index contributed by atoms with van der Waals surface area (Å²) in [4.78, 5) is 23.2. The van der Waals surface area contributed by atoms with Gasteiger partial charge < -0.3 is 14.6 Å². The van der Waals surface area contributed by atoms with Gasteiger partial charge in [-0.2, -0.15) is 5.10 Å². The average Bonchev–Trinajstić information content (AvgIpc) is 3.50. The zero-order valence-electron chi connectivity index (χ0n) is 17.3. The van der Waals surface area contributed by atoms with Gasteiger partial charge in [-0.3, -0.25) is 14.9 Å². The summed E-state index contributed by atoms with van der Waals surface area (Å²) in [5.41, 5.74) is 2.06. The smallest absolute Gasteiger partial charge is 0.311 e. The molecule has 4 rings (SSSR count). The van der Waals surface area contributed by atoms with Gasteiger partial charge in [-0.25, -0.2) is 4.68 Å². The Bertz CT molecular complexity index is 1230. The first-order valence-electron chi connectivity index (χ1n) is 9.95. The van der Waals surface area contributed by atoms with Crippen molar-refractivity contribution in [1.29, 1.82) is 0 Å². The predicted octanol–water partition coefficient (Wildman–Crippen LogP) is 4.11. The zero-order valence-corrected chi connectivity index (χ0v) is 17.3. The molecule has 9 nitrogen and oxygen atoms in total. The fourth-order valence-corrected chi connectivity index (χ4v) is 3.24. The van der Waals surface area contributed by atoms with Gasteiger partial charge >= 0.3 is 5.69 Å². The van der Waals surface area contributed by atoms with Crippen molar-refractivity contribution in [2.24, 2.45) is 0 Å². The van der Waals surface area contributed by atoms with Crippen LogP contribution in [0, 0.1) is 10.1 Å². The van der Waals surface area contributed by atoms with E-state index < -0.39 is 4.92 Å². The maximum atomic E-state index is 12.7. The lowest BCUT2D eigenvalue weighted by Gasteiger charge is -2.15. The Hall–Kier alpha value is -4.40. The molecule has 2 aromatic carbocycles. The number of amides is 1. The molecule has 0 fully saturated rings. The van der Waals surface area contributed by atoms with E-state index in [1.54, 1.807) is 24.4 Å². The van der Waals surface area contributed by atoms with Crippen LogP contribution in [0.15, 0.2) is 85.3 Å². The molecular formula is C23H21N5O4. The Labute approximate surface area is 184 Å². The van der Waals surface area contributed by atoms with E-state index >= 15 is 0 Å². The van der Waals surface area contributed by atoms with Crippen LogP contribution in [0.2, 0.25) is 0 Å². The van der Waals surface area contributed by atoms with Gasteiger partial charge in [0.05, 0.1) is 11.0 Å². The highest BCUT2D eigenvalue weighted by Gasteiger charge is 2.16. The molecule has 4 aromatic rings. The molecule has 2 heterocycles. The highest BCUT2D eigenvalue weighted by atomic mass is 16.6. The third-order valence-electron chi connectivity index (χ3n) is 4.91. The van der Waals surface area contributed by atoms with Crippen LogP contribution in [0.1, 0.15) is 29.0 Å². The second kappa shape index (κ2) is 9.17. The second-order valence-corrected chi connectivity index (χ2v) is 7.12. The number of nitrogens with zero attached hydrogens (tertiary/aromatic N) is 4. The normalized spacial score (nSPS) is 11.7. The number of hydrogen-bond acceptors (Lipinski definition) is 5. The van der Waals surface area contributed by atoms with Crippen LogP contribution >= 0.6 is 0 Å².